The van der Waals surface area contributed by atoms with Crippen LogP contribution in [0.15, 0.2) is 91.0 Å². The highest BCUT2D eigenvalue weighted by Gasteiger charge is 2.65. The van der Waals surface area contributed by atoms with Crippen LogP contribution in [0.4, 0.5) is 0 Å². The van der Waals surface area contributed by atoms with Crippen molar-refractivity contribution in [3.63, 3.8) is 0 Å². The maximum atomic E-state index is 11.1. The van der Waals surface area contributed by atoms with Crippen LogP contribution in [0.5, 0.6) is 0 Å². The molecule has 0 spiro atoms. The molecule has 0 radical (unpaired) electrons. The van der Waals surface area contributed by atoms with Gasteiger partial charge in [-0.3, -0.25) is 0 Å². The minimum Gasteiger partial charge on any atom is -0.389 e. The van der Waals surface area contributed by atoms with Gasteiger partial charge in [0.25, 0.3) is 0 Å². The Bertz CT molecular complexity index is 839. The smallest absolute Gasteiger partial charge is 0.143 e. The van der Waals surface area contributed by atoms with E-state index < -0.39 is 11.2 Å². The molecule has 150 valence electrons. The second kappa shape index (κ2) is 7.44. The van der Waals surface area contributed by atoms with Gasteiger partial charge in [0, 0.05) is 5.41 Å². The Hall–Kier alpha value is -2.42. The van der Waals surface area contributed by atoms with Crippen molar-refractivity contribution in [1.29, 1.82) is 0 Å². The summed E-state index contributed by atoms with van der Waals surface area (Å²) in [5, 5.41) is 11.1. The number of aliphatic hydroxyl groups is 1. The summed E-state index contributed by atoms with van der Waals surface area (Å²) in [6, 6.07) is 31.2. The van der Waals surface area contributed by atoms with Crippen LogP contribution in [0, 0.1) is 11.3 Å². The molecule has 0 unspecified atom stereocenters. The first-order valence-electron chi connectivity index (χ1n) is 10.5. The van der Waals surface area contributed by atoms with E-state index in [1.165, 1.54) is 0 Å². The SMILES string of the molecule is CC(C)[C@]1(O)C[C@]1(C)COC(c1ccccc1)(c1ccccc1)c1ccccc1. The van der Waals surface area contributed by atoms with E-state index in [0.717, 1.165) is 23.1 Å². The van der Waals surface area contributed by atoms with Crippen molar-refractivity contribution in [2.75, 3.05) is 6.61 Å². The predicted octanol–water partition coefficient (Wildman–Crippen LogP) is 5.79. The lowest BCUT2D eigenvalue weighted by molar-refractivity contribution is -0.0425. The molecule has 1 saturated carbocycles. The summed E-state index contributed by atoms with van der Waals surface area (Å²) in [6.45, 7) is 6.80. The lowest BCUT2D eigenvalue weighted by Gasteiger charge is -2.37. The van der Waals surface area contributed by atoms with Crippen molar-refractivity contribution >= 4 is 0 Å². The summed E-state index contributed by atoms with van der Waals surface area (Å²) >= 11 is 0. The van der Waals surface area contributed by atoms with Crippen LogP contribution in [0.25, 0.3) is 0 Å². The van der Waals surface area contributed by atoms with Gasteiger partial charge in [-0.05, 0) is 29.0 Å². The molecule has 2 heteroatoms. The fourth-order valence-corrected chi connectivity index (χ4v) is 4.66. The predicted molar refractivity (Wildman–Crippen MR) is 118 cm³/mol. The van der Waals surface area contributed by atoms with Crippen LogP contribution < -0.4 is 0 Å². The molecule has 2 nitrogen and oxygen atoms in total. The zero-order valence-corrected chi connectivity index (χ0v) is 17.5. The van der Waals surface area contributed by atoms with Gasteiger partial charge in [0.1, 0.15) is 5.60 Å². The standard InChI is InChI=1S/C27H30O2/c1-21(2)26(28)19-25(26,3)20-29-27(22-13-7-4-8-14-22,23-15-9-5-10-16-23)24-17-11-6-12-18-24/h4-18,21,28H,19-20H2,1-3H3/t25-,26-/m1/s1. The molecule has 29 heavy (non-hydrogen) atoms. The van der Waals surface area contributed by atoms with E-state index >= 15 is 0 Å². The van der Waals surface area contributed by atoms with Crippen LogP contribution in [0.2, 0.25) is 0 Å². The van der Waals surface area contributed by atoms with Gasteiger partial charge >= 0.3 is 0 Å². The van der Waals surface area contributed by atoms with Crippen molar-refractivity contribution in [2.45, 2.75) is 38.4 Å². The molecule has 2 atom stereocenters. The second-order valence-electron chi connectivity index (χ2n) is 8.88. The number of hydrogen-bond donors (Lipinski definition) is 1. The zero-order chi connectivity index (χ0) is 20.5. The minimum atomic E-state index is -0.729. The third-order valence-corrected chi connectivity index (χ3v) is 6.68. The Morgan fingerprint density at radius 1 is 0.793 bits per heavy atom. The molecule has 0 aromatic heterocycles. The molecule has 0 heterocycles. The van der Waals surface area contributed by atoms with Crippen LogP contribution in [-0.4, -0.2) is 17.3 Å². The summed E-state index contributed by atoms with van der Waals surface area (Å²) < 4.78 is 6.90. The zero-order valence-electron chi connectivity index (χ0n) is 17.5. The Labute approximate surface area is 174 Å². The monoisotopic (exact) mass is 386 g/mol. The molecule has 1 N–H and O–H groups in total. The highest BCUT2D eigenvalue weighted by molar-refractivity contribution is 5.47. The fourth-order valence-electron chi connectivity index (χ4n) is 4.66. The Morgan fingerprint density at radius 3 is 1.48 bits per heavy atom. The molecule has 3 aromatic carbocycles. The van der Waals surface area contributed by atoms with Crippen molar-refractivity contribution in [3.8, 4) is 0 Å². The average Bonchev–Trinajstić information content (AvgIpc) is 3.33. The van der Waals surface area contributed by atoms with Crippen molar-refractivity contribution < 1.29 is 9.84 Å². The molecular weight excluding hydrogens is 356 g/mol. The Morgan fingerprint density at radius 2 is 1.17 bits per heavy atom. The highest BCUT2D eigenvalue weighted by Crippen LogP contribution is 2.61. The van der Waals surface area contributed by atoms with Gasteiger partial charge in [-0.1, -0.05) is 112 Å². The summed E-state index contributed by atoms with van der Waals surface area (Å²) in [4.78, 5) is 0. The topological polar surface area (TPSA) is 29.5 Å². The number of benzene rings is 3. The van der Waals surface area contributed by atoms with E-state index in [0.29, 0.717) is 6.61 Å². The van der Waals surface area contributed by atoms with Gasteiger partial charge in [-0.25, -0.2) is 0 Å². The number of ether oxygens (including phenoxy) is 1. The largest absolute Gasteiger partial charge is 0.389 e. The Kier molecular flexibility index (Phi) is 5.10. The van der Waals surface area contributed by atoms with E-state index in [1.807, 2.05) is 18.2 Å². The molecule has 0 aliphatic heterocycles. The van der Waals surface area contributed by atoms with E-state index in [1.54, 1.807) is 0 Å². The van der Waals surface area contributed by atoms with E-state index in [2.05, 4.69) is 93.6 Å². The van der Waals surface area contributed by atoms with Gasteiger partial charge in [0.15, 0.2) is 0 Å². The van der Waals surface area contributed by atoms with Crippen molar-refractivity contribution in [1.82, 2.24) is 0 Å². The third kappa shape index (κ3) is 3.31. The van der Waals surface area contributed by atoms with Crippen LogP contribution >= 0.6 is 0 Å². The number of rotatable bonds is 7. The van der Waals surface area contributed by atoms with Gasteiger partial charge in [0.2, 0.25) is 0 Å². The minimum absolute atomic E-state index is 0.204. The first-order chi connectivity index (χ1) is 13.9. The second-order valence-corrected chi connectivity index (χ2v) is 8.88. The van der Waals surface area contributed by atoms with Gasteiger partial charge < -0.3 is 9.84 Å². The molecular formula is C27H30O2. The molecule has 1 fully saturated rings. The summed E-state index contributed by atoms with van der Waals surface area (Å²) in [5.74, 6) is 0.204. The summed E-state index contributed by atoms with van der Waals surface area (Å²) in [5.41, 5.74) is 1.64. The van der Waals surface area contributed by atoms with Crippen LogP contribution in [-0.2, 0) is 10.3 Å². The molecule has 1 aliphatic carbocycles. The molecule has 0 bridgehead atoms. The van der Waals surface area contributed by atoms with E-state index in [-0.39, 0.29) is 11.3 Å². The number of hydrogen-bond acceptors (Lipinski definition) is 2. The molecule has 3 aromatic rings. The lowest BCUT2D eigenvalue weighted by atomic mass is 9.80. The van der Waals surface area contributed by atoms with E-state index in [4.69, 9.17) is 4.74 Å². The average molecular weight is 387 g/mol. The summed E-state index contributed by atoms with van der Waals surface area (Å²) in [6.07, 6.45) is 0.770. The normalized spacial score (nSPS) is 23.9. The van der Waals surface area contributed by atoms with Gasteiger partial charge in [0.05, 0.1) is 12.2 Å². The van der Waals surface area contributed by atoms with Crippen molar-refractivity contribution in [3.05, 3.63) is 108 Å². The first kappa shape index (κ1) is 19.9. The molecule has 0 saturated heterocycles. The maximum absolute atomic E-state index is 11.1. The van der Waals surface area contributed by atoms with Crippen LogP contribution in [0.1, 0.15) is 43.9 Å². The molecule has 4 rings (SSSR count). The quantitative estimate of drug-likeness (QED) is 0.521. The van der Waals surface area contributed by atoms with E-state index in [9.17, 15) is 5.11 Å². The maximum Gasteiger partial charge on any atom is 0.143 e. The third-order valence-electron chi connectivity index (χ3n) is 6.68. The Balaban J connectivity index is 1.83. The molecule has 1 aliphatic rings. The van der Waals surface area contributed by atoms with Gasteiger partial charge in [-0.2, -0.15) is 0 Å². The van der Waals surface area contributed by atoms with Crippen molar-refractivity contribution in [2.24, 2.45) is 11.3 Å². The first-order valence-corrected chi connectivity index (χ1v) is 10.5. The fraction of sp³-hybridized carbons (Fsp3) is 0.333. The highest BCUT2D eigenvalue weighted by atomic mass is 16.5. The van der Waals surface area contributed by atoms with Gasteiger partial charge in [-0.15, -0.1) is 0 Å². The van der Waals surface area contributed by atoms with Crippen LogP contribution in [0.3, 0.4) is 0 Å². The lowest BCUT2D eigenvalue weighted by Crippen LogP contribution is -2.37. The molecule has 0 amide bonds. The summed E-state index contributed by atoms with van der Waals surface area (Å²) in [7, 11) is 0.